The topological polar surface area (TPSA) is 59.4 Å². The highest BCUT2D eigenvalue weighted by Gasteiger charge is 2.16. The molecule has 4 nitrogen and oxygen atoms in total. The fourth-order valence-electron chi connectivity index (χ4n) is 1.67. The maximum absolute atomic E-state index is 13.8. The SMILES string of the molecule is Cc1ccc(F)c2c(O[C@@H](C)C(=O)O)ccnc12. The van der Waals surface area contributed by atoms with Gasteiger partial charge in [-0.05, 0) is 31.5 Å². The lowest BCUT2D eigenvalue weighted by Gasteiger charge is -2.13. The van der Waals surface area contributed by atoms with E-state index in [1.165, 1.54) is 25.3 Å². The van der Waals surface area contributed by atoms with Crippen LogP contribution >= 0.6 is 0 Å². The van der Waals surface area contributed by atoms with E-state index in [0.29, 0.717) is 5.52 Å². The lowest BCUT2D eigenvalue weighted by Crippen LogP contribution is -2.23. The molecule has 0 bridgehead atoms. The largest absolute Gasteiger partial charge is 0.479 e. The van der Waals surface area contributed by atoms with Gasteiger partial charge in [-0.25, -0.2) is 9.18 Å². The number of carboxylic acid groups (broad SMARTS) is 1. The average Bonchev–Trinajstić information content (AvgIpc) is 2.34. The van der Waals surface area contributed by atoms with E-state index in [1.54, 1.807) is 13.0 Å². The fraction of sp³-hybridized carbons (Fsp3) is 0.231. The molecule has 0 aliphatic carbocycles. The van der Waals surface area contributed by atoms with Gasteiger partial charge in [0.25, 0.3) is 0 Å². The number of ether oxygens (including phenoxy) is 1. The Bertz CT molecular complexity index is 612. The molecule has 2 rings (SSSR count). The highest BCUT2D eigenvalue weighted by atomic mass is 19.1. The quantitative estimate of drug-likeness (QED) is 0.908. The van der Waals surface area contributed by atoms with E-state index in [0.717, 1.165) is 5.56 Å². The molecule has 1 aromatic carbocycles. The first-order valence-corrected chi connectivity index (χ1v) is 5.44. The summed E-state index contributed by atoms with van der Waals surface area (Å²) < 4.78 is 19.1. The molecule has 0 amide bonds. The predicted molar refractivity (Wildman–Crippen MR) is 64.2 cm³/mol. The van der Waals surface area contributed by atoms with Crippen LogP contribution in [0.1, 0.15) is 12.5 Å². The molecule has 1 N–H and O–H groups in total. The number of pyridine rings is 1. The number of aliphatic carboxylic acids is 1. The number of hydrogen-bond acceptors (Lipinski definition) is 3. The van der Waals surface area contributed by atoms with Crippen LogP contribution in [0.2, 0.25) is 0 Å². The van der Waals surface area contributed by atoms with Crippen molar-refractivity contribution in [3.05, 3.63) is 35.8 Å². The van der Waals surface area contributed by atoms with Crippen molar-refractivity contribution in [2.75, 3.05) is 0 Å². The van der Waals surface area contributed by atoms with Crippen LogP contribution in [0.25, 0.3) is 10.9 Å². The van der Waals surface area contributed by atoms with Gasteiger partial charge in [-0.15, -0.1) is 0 Å². The average molecular weight is 249 g/mol. The summed E-state index contributed by atoms with van der Waals surface area (Å²) >= 11 is 0. The Balaban J connectivity index is 2.58. The number of aryl methyl sites for hydroxylation is 1. The zero-order chi connectivity index (χ0) is 13.3. The Hall–Kier alpha value is -2.17. The van der Waals surface area contributed by atoms with Gasteiger partial charge in [-0.3, -0.25) is 4.98 Å². The first-order chi connectivity index (χ1) is 8.50. The number of nitrogens with zero attached hydrogens (tertiary/aromatic N) is 1. The molecule has 0 saturated heterocycles. The summed E-state index contributed by atoms with van der Waals surface area (Å²) in [7, 11) is 0. The molecule has 1 heterocycles. The lowest BCUT2D eigenvalue weighted by molar-refractivity contribution is -0.144. The van der Waals surface area contributed by atoms with Crippen LogP contribution in [0, 0.1) is 12.7 Å². The van der Waals surface area contributed by atoms with Gasteiger partial charge >= 0.3 is 5.97 Å². The standard InChI is InChI=1S/C13H12FNO3/c1-7-3-4-9(14)11-10(5-6-15-12(7)11)18-8(2)13(16)17/h3-6,8H,1-2H3,(H,16,17)/t8-/m0/s1. The van der Waals surface area contributed by atoms with Crippen LogP contribution in [0.15, 0.2) is 24.4 Å². The number of fused-ring (bicyclic) bond motifs is 1. The zero-order valence-electron chi connectivity index (χ0n) is 9.98. The van der Waals surface area contributed by atoms with Crippen molar-refractivity contribution in [2.45, 2.75) is 20.0 Å². The Kier molecular flexibility index (Phi) is 3.14. The molecule has 0 aliphatic heterocycles. The van der Waals surface area contributed by atoms with Crippen molar-refractivity contribution in [3.8, 4) is 5.75 Å². The number of hydrogen-bond donors (Lipinski definition) is 1. The summed E-state index contributed by atoms with van der Waals surface area (Å²) in [4.78, 5) is 14.8. The van der Waals surface area contributed by atoms with Crippen molar-refractivity contribution in [3.63, 3.8) is 0 Å². The van der Waals surface area contributed by atoms with Gasteiger partial charge in [0.1, 0.15) is 11.6 Å². The maximum atomic E-state index is 13.8. The molecule has 1 aromatic heterocycles. The Labute approximate surface area is 103 Å². The number of aromatic nitrogens is 1. The van der Waals surface area contributed by atoms with E-state index in [-0.39, 0.29) is 11.1 Å². The van der Waals surface area contributed by atoms with Gasteiger partial charge in [0.2, 0.25) is 0 Å². The summed E-state index contributed by atoms with van der Waals surface area (Å²) in [5, 5.41) is 9.02. The Morgan fingerprint density at radius 2 is 2.17 bits per heavy atom. The van der Waals surface area contributed by atoms with Crippen molar-refractivity contribution >= 4 is 16.9 Å². The van der Waals surface area contributed by atoms with E-state index in [2.05, 4.69) is 4.98 Å². The third-order valence-corrected chi connectivity index (χ3v) is 2.66. The molecule has 0 fully saturated rings. The van der Waals surface area contributed by atoms with Crippen LogP contribution < -0.4 is 4.74 Å². The van der Waals surface area contributed by atoms with E-state index >= 15 is 0 Å². The zero-order valence-corrected chi connectivity index (χ0v) is 9.98. The van der Waals surface area contributed by atoms with Crippen LogP contribution in [0.4, 0.5) is 4.39 Å². The Morgan fingerprint density at radius 3 is 2.83 bits per heavy atom. The second-order valence-electron chi connectivity index (χ2n) is 4.00. The van der Waals surface area contributed by atoms with Gasteiger partial charge in [0.05, 0.1) is 10.9 Å². The minimum atomic E-state index is -1.10. The summed E-state index contributed by atoms with van der Waals surface area (Å²) in [6.45, 7) is 3.20. The second-order valence-corrected chi connectivity index (χ2v) is 4.00. The summed E-state index contributed by atoms with van der Waals surface area (Å²) in [5.41, 5.74) is 1.28. The van der Waals surface area contributed by atoms with Gasteiger partial charge < -0.3 is 9.84 Å². The third kappa shape index (κ3) is 2.11. The molecule has 0 radical (unpaired) electrons. The number of halogens is 1. The van der Waals surface area contributed by atoms with E-state index in [1.807, 2.05) is 0 Å². The molecule has 94 valence electrons. The molecule has 0 unspecified atom stereocenters. The fourth-order valence-corrected chi connectivity index (χ4v) is 1.67. The molecule has 2 aromatic rings. The minimum absolute atomic E-state index is 0.191. The first-order valence-electron chi connectivity index (χ1n) is 5.44. The number of carboxylic acids is 1. The van der Waals surface area contributed by atoms with Crippen molar-refractivity contribution in [2.24, 2.45) is 0 Å². The van der Waals surface area contributed by atoms with Crippen LogP contribution in [0.5, 0.6) is 5.75 Å². The van der Waals surface area contributed by atoms with E-state index < -0.39 is 17.9 Å². The molecule has 1 atom stereocenters. The number of benzene rings is 1. The van der Waals surface area contributed by atoms with Crippen LogP contribution in [-0.2, 0) is 4.79 Å². The monoisotopic (exact) mass is 249 g/mol. The smallest absolute Gasteiger partial charge is 0.344 e. The van der Waals surface area contributed by atoms with Crippen molar-refractivity contribution in [1.82, 2.24) is 4.98 Å². The van der Waals surface area contributed by atoms with Gasteiger partial charge in [-0.1, -0.05) is 6.07 Å². The number of carbonyl (C=O) groups is 1. The molecule has 5 heteroatoms. The van der Waals surface area contributed by atoms with E-state index in [9.17, 15) is 9.18 Å². The molecular weight excluding hydrogens is 237 g/mol. The molecular formula is C13H12FNO3. The molecule has 0 spiro atoms. The maximum Gasteiger partial charge on any atom is 0.344 e. The van der Waals surface area contributed by atoms with Gasteiger partial charge in [0, 0.05) is 6.20 Å². The summed E-state index contributed by atoms with van der Waals surface area (Å²) in [6.07, 6.45) is 0.425. The molecule has 0 aliphatic rings. The summed E-state index contributed by atoms with van der Waals surface area (Å²) in [6, 6.07) is 4.40. The number of rotatable bonds is 3. The second kappa shape index (κ2) is 4.60. The highest BCUT2D eigenvalue weighted by Crippen LogP contribution is 2.29. The molecule has 0 saturated carbocycles. The van der Waals surface area contributed by atoms with E-state index in [4.69, 9.17) is 9.84 Å². The van der Waals surface area contributed by atoms with Crippen LogP contribution in [-0.4, -0.2) is 22.2 Å². The lowest BCUT2D eigenvalue weighted by atomic mass is 10.1. The van der Waals surface area contributed by atoms with Crippen LogP contribution in [0.3, 0.4) is 0 Å². The summed E-state index contributed by atoms with van der Waals surface area (Å²) in [5.74, 6) is -1.39. The normalized spacial score (nSPS) is 12.4. The first kappa shape index (κ1) is 12.3. The molecule has 18 heavy (non-hydrogen) atoms. The van der Waals surface area contributed by atoms with Crippen molar-refractivity contribution in [1.29, 1.82) is 0 Å². The Morgan fingerprint density at radius 1 is 1.44 bits per heavy atom. The minimum Gasteiger partial charge on any atom is -0.479 e. The third-order valence-electron chi connectivity index (χ3n) is 2.66. The van der Waals surface area contributed by atoms with Gasteiger partial charge in [-0.2, -0.15) is 0 Å². The predicted octanol–water partition coefficient (Wildman–Crippen LogP) is 2.53. The highest BCUT2D eigenvalue weighted by molar-refractivity contribution is 5.88. The van der Waals surface area contributed by atoms with Gasteiger partial charge in [0.15, 0.2) is 6.10 Å². The van der Waals surface area contributed by atoms with Crippen molar-refractivity contribution < 1.29 is 19.0 Å².